The fourth-order valence-corrected chi connectivity index (χ4v) is 0.836. The molecule has 1 aromatic heterocycles. The van der Waals surface area contributed by atoms with Gasteiger partial charge in [0.25, 0.3) is 11.4 Å². The monoisotopic (exact) mass is 190 g/mol. The molecule has 0 bridgehead atoms. The van der Waals surface area contributed by atoms with E-state index >= 15 is 0 Å². The fraction of sp³-hybridized carbons (Fsp3) is 0.429. The number of nitrogens with two attached hydrogens (primary N) is 1. The van der Waals surface area contributed by atoms with Crippen molar-refractivity contribution in [2.45, 2.75) is 6.92 Å². The van der Waals surface area contributed by atoms with Gasteiger partial charge in [-0.1, -0.05) is 0 Å². The Labute approximate surface area is 76.0 Å². The van der Waals surface area contributed by atoms with Crippen LogP contribution in [0.1, 0.15) is 5.56 Å². The Hall–Kier alpha value is -1.03. The second kappa shape index (κ2) is 4.77. The van der Waals surface area contributed by atoms with Gasteiger partial charge in [-0.15, -0.1) is 11.6 Å². The summed E-state index contributed by atoms with van der Waals surface area (Å²) in [6.07, 6.45) is 1.47. The number of H-pyrrole nitrogens is 1. The number of hydrogen-bond donors (Lipinski definition) is 1. The highest BCUT2D eigenvalue weighted by Crippen LogP contribution is 1.88. The molecule has 0 aromatic carbocycles. The van der Waals surface area contributed by atoms with Crippen LogP contribution in [0.3, 0.4) is 0 Å². The molecule has 0 aliphatic heterocycles. The van der Waals surface area contributed by atoms with Crippen LogP contribution in [-0.4, -0.2) is 11.1 Å². The van der Waals surface area contributed by atoms with Gasteiger partial charge >= 0.3 is 0 Å². The second-order valence-electron chi connectivity index (χ2n) is 2.26. The van der Waals surface area contributed by atoms with Crippen molar-refractivity contribution in [2.75, 3.05) is 12.1 Å². The van der Waals surface area contributed by atoms with Gasteiger partial charge < -0.3 is 0 Å². The molecule has 3 N–H and O–H groups in total. The first-order chi connectivity index (χ1) is 5.61. The third-order valence-corrected chi connectivity index (χ3v) is 1.31. The zero-order valence-corrected chi connectivity index (χ0v) is 8.14. The van der Waals surface area contributed by atoms with E-state index in [4.69, 9.17) is 5.73 Å². The highest BCUT2D eigenvalue weighted by Gasteiger charge is 2.00. The van der Waals surface area contributed by atoms with Crippen molar-refractivity contribution in [3.8, 4) is 0 Å². The zero-order valence-electron chi connectivity index (χ0n) is 7.39. The van der Waals surface area contributed by atoms with E-state index in [-0.39, 0.29) is 5.56 Å². The SMILES string of the molecule is CCl.Cc1cc(N)[nH+]n(C)c1=O. The first kappa shape index (κ1) is 11.0. The van der Waals surface area contributed by atoms with Crippen molar-refractivity contribution < 1.29 is 5.10 Å². The van der Waals surface area contributed by atoms with Crippen LogP contribution in [0, 0.1) is 6.92 Å². The second-order valence-corrected chi connectivity index (χ2v) is 2.26. The van der Waals surface area contributed by atoms with Crippen LogP contribution >= 0.6 is 11.6 Å². The fourth-order valence-electron chi connectivity index (χ4n) is 0.836. The molecule has 4 nitrogen and oxygen atoms in total. The lowest BCUT2D eigenvalue weighted by molar-refractivity contribution is -0.478. The summed E-state index contributed by atoms with van der Waals surface area (Å²) in [5, 5.41) is 2.66. The maximum Gasteiger partial charge on any atom is 0.289 e. The smallest absolute Gasteiger partial charge is 0.286 e. The average molecular weight is 191 g/mol. The number of aromatic nitrogens is 2. The standard InChI is InChI=1S/C6H9N3O.CH3Cl/c1-4-3-5(7)8-9(2)6(4)10;1-2/h3H,1-2H3,(H2,7,8);1H3/p+1. The van der Waals surface area contributed by atoms with Crippen molar-refractivity contribution in [3.63, 3.8) is 0 Å². The number of nitrogens with zero attached hydrogens (tertiary/aromatic N) is 1. The topological polar surface area (TPSA) is 62.2 Å². The molecule has 1 aromatic rings. The molecule has 0 amide bonds. The third-order valence-electron chi connectivity index (χ3n) is 1.31. The predicted molar refractivity (Wildman–Crippen MR) is 49.2 cm³/mol. The number of halogens is 1. The molecule has 0 saturated carbocycles. The highest BCUT2D eigenvalue weighted by molar-refractivity contribution is 6.15. The summed E-state index contributed by atoms with van der Waals surface area (Å²) in [5.74, 6) is 0.500. The van der Waals surface area contributed by atoms with E-state index in [9.17, 15) is 4.79 Å². The number of aryl methyl sites for hydroxylation is 2. The Bertz CT molecular complexity index is 282. The molecule has 0 unspecified atom stereocenters. The number of anilines is 1. The average Bonchev–Trinajstić information content (AvgIpc) is 2.04. The molecule has 0 radical (unpaired) electrons. The minimum Gasteiger partial charge on any atom is -0.286 e. The van der Waals surface area contributed by atoms with Crippen LogP contribution in [-0.2, 0) is 7.05 Å². The maximum atomic E-state index is 11.0. The van der Waals surface area contributed by atoms with E-state index < -0.39 is 0 Å². The van der Waals surface area contributed by atoms with E-state index in [1.165, 1.54) is 11.1 Å². The van der Waals surface area contributed by atoms with E-state index in [0.717, 1.165) is 0 Å². The summed E-state index contributed by atoms with van der Waals surface area (Å²) in [7, 11) is 1.63. The number of nitrogen functional groups attached to an aromatic ring is 1. The predicted octanol–water partition coefficient (Wildman–Crippen LogP) is -0.0550. The molecule has 12 heavy (non-hydrogen) atoms. The molecule has 0 aliphatic carbocycles. The van der Waals surface area contributed by atoms with Crippen LogP contribution < -0.4 is 16.4 Å². The molecular formula is C7H13ClN3O+. The van der Waals surface area contributed by atoms with Gasteiger partial charge in [-0.2, -0.15) is 9.78 Å². The first-order valence-corrected chi connectivity index (χ1v) is 4.10. The largest absolute Gasteiger partial charge is 0.289 e. The van der Waals surface area contributed by atoms with Gasteiger partial charge in [0.2, 0.25) is 0 Å². The zero-order chi connectivity index (χ0) is 9.72. The molecular weight excluding hydrogens is 178 g/mol. The summed E-state index contributed by atoms with van der Waals surface area (Å²) in [6, 6.07) is 1.61. The molecule has 0 saturated heterocycles. The third kappa shape index (κ3) is 2.54. The lowest BCUT2D eigenvalue weighted by atomic mass is 10.3. The molecule has 68 valence electrons. The Morgan fingerprint density at radius 1 is 1.58 bits per heavy atom. The van der Waals surface area contributed by atoms with E-state index in [1.807, 2.05) is 0 Å². The van der Waals surface area contributed by atoms with Gasteiger partial charge in [0.1, 0.15) is 0 Å². The molecule has 1 rings (SSSR count). The minimum atomic E-state index is -0.0470. The quantitative estimate of drug-likeness (QED) is 0.583. The van der Waals surface area contributed by atoms with Crippen molar-refractivity contribution in [2.24, 2.45) is 7.05 Å². The van der Waals surface area contributed by atoms with Gasteiger partial charge in [-0.05, 0) is 6.92 Å². The minimum absolute atomic E-state index is 0.0470. The molecule has 1 heterocycles. The Morgan fingerprint density at radius 2 is 2.08 bits per heavy atom. The van der Waals surface area contributed by atoms with E-state index in [2.05, 4.69) is 16.7 Å². The van der Waals surface area contributed by atoms with Gasteiger partial charge in [-0.25, -0.2) is 0 Å². The number of hydrogen-bond acceptors (Lipinski definition) is 2. The van der Waals surface area contributed by atoms with Crippen LogP contribution in [0.25, 0.3) is 0 Å². The van der Waals surface area contributed by atoms with Crippen molar-refractivity contribution in [1.82, 2.24) is 4.68 Å². The van der Waals surface area contributed by atoms with Crippen LogP contribution in [0.15, 0.2) is 10.9 Å². The molecule has 5 heteroatoms. The lowest BCUT2D eigenvalue weighted by Crippen LogP contribution is -2.35. The normalized spacial score (nSPS) is 8.67. The Kier molecular flexibility index (Phi) is 4.36. The molecule has 0 fully saturated rings. The van der Waals surface area contributed by atoms with Crippen LogP contribution in [0.2, 0.25) is 0 Å². The van der Waals surface area contributed by atoms with Gasteiger partial charge in [0, 0.05) is 18.0 Å². The summed E-state index contributed by atoms with van der Waals surface area (Å²) in [6.45, 7) is 1.73. The number of aromatic amines is 1. The number of alkyl halides is 1. The van der Waals surface area contributed by atoms with Crippen molar-refractivity contribution in [1.29, 1.82) is 0 Å². The van der Waals surface area contributed by atoms with Gasteiger partial charge in [0.15, 0.2) is 0 Å². The van der Waals surface area contributed by atoms with Crippen molar-refractivity contribution in [3.05, 3.63) is 22.0 Å². The number of rotatable bonds is 0. The van der Waals surface area contributed by atoms with Crippen LogP contribution in [0.4, 0.5) is 5.82 Å². The maximum absolute atomic E-state index is 11.0. The highest BCUT2D eigenvalue weighted by atomic mass is 35.5. The molecule has 0 atom stereocenters. The van der Waals surface area contributed by atoms with Gasteiger partial charge in [-0.3, -0.25) is 10.5 Å². The van der Waals surface area contributed by atoms with E-state index in [0.29, 0.717) is 11.4 Å². The van der Waals surface area contributed by atoms with Crippen LogP contribution in [0.5, 0.6) is 0 Å². The first-order valence-electron chi connectivity index (χ1n) is 3.34. The number of nitrogens with one attached hydrogen (secondary N) is 1. The van der Waals surface area contributed by atoms with E-state index in [1.54, 1.807) is 20.0 Å². The molecule has 0 spiro atoms. The van der Waals surface area contributed by atoms with Gasteiger partial charge in [0.05, 0.1) is 7.05 Å². The summed E-state index contributed by atoms with van der Waals surface area (Å²) in [5.41, 5.74) is 6.02. The Balaban J connectivity index is 0.000000561. The van der Waals surface area contributed by atoms with Crippen molar-refractivity contribution >= 4 is 17.4 Å². The molecule has 0 aliphatic rings. The summed E-state index contributed by atoms with van der Waals surface area (Å²) >= 11 is 4.64. The summed E-state index contributed by atoms with van der Waals surface area (Å²) in [4.78, 5) is 11.0. The summed E-state index contributed by atoms with van der Waals surface area (Å²) < 4.78 is 1.35. The lowest BCUT2D eigenvalue weighted by Gasteiger charge is -1.94. The Morgan fingerprint density at radius 3 is 2.50 bits per heavy atom.